The van der Waals surface area contributed by atoms with Crippen LogP contribution in [0.2, 0.25) is 0 Å². The Hall–Kier alpha value is -1.35. The lowest BCUT2D eigenvalue weighted by atomic mass is 9.93. The van der Waals surface area contributed by atoms with Gasteiger partial charge >= 0.3 is 0 Å². The van der Waals surface area contributed by atoms with Gasteiger partial charge in [0.15, 0.2) is 0 Å². The predicted molar refractivity (Wildman–Crippen MR) is 77.8 cm³/mol. The number of likely N-dealkylation sites (N-methyl/N-ethyl adjacent to an activating group) is 1. The van der Waals surface area contributed by atoms with Crippen molar-refractivity contribution < 1.29 is 4.79 Å². The van der Waals surface area contributed by atoms with E-state index in [0.29, 0.717) is 12.6 Å². The van der Waals surface area contributed by atoms with Crippen molar-refractivity contribution in [2.24, 2.45) is 0 Å². The fourth-order valence-electron chi connectivity index (χ4n) is 2.85. The van der Waals surface area contributed by atoms with Crippen LogP contribution in [0.5, 0.6) is 0 Å². The standard InChI is InChI=1S/C16H24N2O/c1-17-12-16(19)18(15-10-6-3-7-11-15)13-14-8-4-2-5-9-14/h2,4-5,8-9,15,17H,3,6-7,10-13H2,1H3. The SMILES string of the molecule is CNCC(=O)N(Cc1ccccc1)C1CCCCC1. The average Bonchev–Trinajstić information content (AvgIpc) is 2.47. The van der Waals surface area contributed by atoms with E-state index in [4.69, 9.17) is 0 Å². The minimum atomic E-state index is 0.221. The number of carbonyl (C=O) groups is 1. The van der Waals surface area contributed by atoms with E-state index in [1.54, 1.807) is 0 Å². The molecule has 1 aliphatic rings. The quantitative estimate of drug-likeness (QED) is 0.882. The number of amides is 1. The van der Waals surface area contributed by atoms with E-state index < -0.39 is 0 Å². The molecule has 3 nitrogen and oxygen atoms in total. The molecule has 3 heteroatoms. The van der Waals surface area contributed by atoms with Crippen molar-refractivity contribution in [1.29, 1.82) is 0 Å². The molecule has 0 atom stereocenters. The Kier molecular flexibility index (Phi) is 5.40. The van der Waals surface area contributed by atoms with Crippen molar-refractivity contribution in [3.8, 4) is 0 Å². The van der Waals surface area contributed by atoms with Gasteiger partial charge in [0.05, 0.1) is 6.54 Å². The lowest BCUT2D eigenvalue weighted by molar-refractivity contribution is -0.133. The maximum atomic E-state index is 12.3. The summed E-state index contributed by atoms with van der Waals surface area (Å²) in [5.74, 6) is 0.221. The van der Waals surface area contributed by atoms with Crippen LogP contribution in [0.1, 0.15) is 37.7 Å². The van der Waals surface area contributed by atoms with E-state index in [0.717, 1.165) is 19.4 Å². The number of hydrogen-bond donors (Lipinski definition) is 1. The Labute approximate surface area is 116 Å². The Bertz CT molecular complexity index is 385. The molecule has 1 saturated carbocycles. The van der Waals surface area contributed by atoms with E-state index in [-0.39, 0.29) is 5.91 Å². The monoisotopic (exact) mass is 260 g/mol. The fraction of sp³-hybridized carbons (Fsp3) is 0.562. The number of carbonyl (C=O) groups excluding carboxylic acids is 1. The number of hydrogen-bond acceptors (Lipinski definition) is 2. The van der Waals surface area contributed by atoms with Crippen molar-refractivity contribution in [3.63, 3.8) is 0 Å². The highest BCUT2D eigenvalue weighted by Gasteiger charge is 2.24. The van der Waals surface area contributed by atoms with E-state index in [2.05, 4.69) is 22.3 Å². The molecule has 1 fully saturated rings. The zero-order valence-electron chi connectivity index (χ0n) is 11.8. The van der Waals surface area contributed by atoms with Crippen molar-refractivity contribution >= 4 is 5.91 Å². The molecule has 0 radical (unpaired) electrons. The van der Waals surface area contributed by atoms with Crippen LogP contribution in [-0.2, 0) is 11.3 Å². The van der Waals surface area contributed by atoms with Gasteiger partial charge in [-0.15, -0.1) is 0 Å². The fourth-order valence-corrected chi connectivity index (χ4v) is 2.85. The normalized spacial score (nSPS) is 16.3. The molecular weight excluding hydrogens is 236 g/mol. The van der Waals surface area contributed by atoms with E-state index >= 15 is 0 Å². The van der Waals surface area contributed by atoms with Gasteiger partial charge in [-0.05, 0) is 25.5 Å². The van der Waals surface area contributed by atoms with Gasteiger partial charge in [-0.25, -0.2) is 0 Å². The molecule has 1 aliphatic carbocycles. The summed E-state index contributed by atoms with van der Waals surface area (Å²) in [6.07, 6.45) is 6.13. The van der Waals surface area contributed by atoms with Gasteiger partial charge < -0.3 is 10.2 Å². The molecule has 0 saturated heterocycles. The van der Waals surface area contributed by atoms with Crippen LogP contribution < -0.4 is 5.32 Å². The summed E-state index contributed by atoms with van der Waals surface area (Å²) in [5.41, 5.74) is 1.22. The van der Waals surface area contributed by atoms with Crippen LogP contribution in [-0.4, -0.2) is 30.4 Å². The van der Waals surface area contributed by atoms with Crippen LogP contribution in [0.4, 0.5) is 0 Å². The smallest absolute Gasteiger partial charge is 0.237 e. The van der Waals surface area contributed by atoms with Gasteiger partial charge in [0.2, 0.25) is 5.91 Å². The molecule has 0 bridgehead atoms. The second-order valence-electron chi connectivity index (χ2n) is 5.33. The highest BCUT2D eigenvalue weighted by Crippen LogP contribution is 2.24. The number of rotatable bonds is 5. The average molecular weight is 260 g/mol. The minimum Gasteiger partial charge on any atom is -0.334 e. The molecule has 1 amide bonds. The van der Waals surface area contributed by atoms with E-state index in [1.807, 2.05) is 25.2 Å². The zero-order chi connectivity index (χ0) is 13.5. The van der Waals surface area contributed by atoms with Gasteiger partial charge in [0.1, 0.15) is 0 Å². The van der Waals surface area contributed by atoms with Gasteiger partial charge in [-0.1, -0.05) is 49.6 Å². The van der Waals surface area contributed by atoms with Crippen LogP contribution in [0.15, 0.2) is 30.3 Å². The topological polar surface area (TPSA) is 32.3 Å². The molecule has 0 unspecified atom stereocenters. The first-order valence-corrected chi connectivity index (χ1v) is 7.29. The first kappa shape index (κ1) is 14.1. The summed E-state index contributed by atoms with van der Waals surface area (Å²) in [5, 5.41) is 2.98. The van der Waals surface area contributed by atoms with Crippen molar-refractivity contribution in [3.05, 3.63) is 35.9 Å². The third-order valence-electron chi connectivity index (χ3n) is 3.86. The number of benzene rings is 1. The Morgan fingerprint density at radius 1 is 1.21 bits per heavy atom. The highest BCUT2D eigenvalue weighted by atomic mass is 16.2. The van der Waals surface area contributed by atoms with E-state index in [9.17, 15) is 4.79 Å². The molecule has 0 heterocycles. The summed E-state index contributed by atoms with van der Waals surface area (Å²) >= 11 is 0. The summed E-state index contributed by atoms with van der Waals surface area (Å²) < 4.78 is 0. The molecule has 0 aromatic heterocycles. The maximum Gasteiger partial charge on any atom is 0.237 e. The lowest BCUT2D eigenvalue weighted by Gasteiger charge is -2.34. The molecule has 0 aliphatic heterocycles. The first-order valence-electron chi connectivity index (χ1n) is 7.29. The molecule has 104 valence electrons. The molecule has 0 spiro atoms. The molecule has 1 aromatic rings. The molecular formula is C16H24N2O. The maximum absolute atomic E-state index is 12.3. The second-order valence-corrected chi connectivity index (χ2v) is 5.33. The van der Waals surface area contributed by atoms with E-state index in [1.165, 1.54) is 24.8 Å². The van der Waals surface area contributed by atoms with Gasteiger partial charge in [0.25, 0.3) is 0 Å². The molecule has 1 N–H and O–H groups in total. The Morgan fingerprint density at radius 2 is 1.89 bits per heavy atom. The Balaban J connectivity index is 2.06. The Morgan fingerprint density at radius 3 is 2.53 bits per heavy atom. The zero-order valence-corrected chi connectivity index (χ0v) is 11.8. The van der Waals surface area contributed by atoms with Crippen molar-refractivity contribution in [1.82, 2.24) is 10.2 Å². The predicted octanol–water partition coefficient (Wildman–Crippen LogP) is 2.57. The molecule has 2 rings (SSSR count). The minimum absolute atomic E-state index is 0.221. The first-order chi connectivity index (χ1) is 9.31. The summed E-state index contributed by atoms with van der Waals surface area (Å²) in [6.45, 7) is 1.18. The van der Waals surface area contributed by atoms with Crippen LogP contribution in [0.3, 0.4) is 0 Å². The molecule has 1 aromatic carbocycles. The number of nitrogens with one attached hydrogen (secondary N) is 1. The van der Waals surface area contributed by atoms with Crippen LogP contribution >= 0.6 is 0 Å². The third-order valence-corrected chi connectivity index (χ3v) is 3.86. The third kappa shape index (κ3) is 4.06. The van der Waals surface area contributed by atoms with Crippen LogP contribution in [0.25, 0.3) is 0 Å². The summed E-state index contributed by atoms with van der Waals surface area (Å²) in [6, 6.07) is 10.7. The van der Waals surface area contributed by atoms with Crippen molar-refractivity contribution in [2.75, 3.05) is 13.6 Å². The lowest BCUT2D eigenvalue weighted by Crippen LogP contribution is -2.44. The molecule has 19 heavy (non-hydrogen) atoms. The van der Waals surface area contributed by atoms with Crippen LogP contribution in [0, 0.1) is 0 Å². The summed E-state index contributed by atoms with van der Waals surface area (Å²) in [4.78, 5) is 14.4. The van der Waals surface area contributed by atoms with Crippen molar-refractivity contribution in [2.45, 2.75) is 44.7 Å². The highest BCUT2D eigenvalue weighted by molar-refractivity contribution is 5.78. The summed E-state index contributed by atoms with van der Waals surface area (Å²) in [7, 11) is 1.83. The van der Waals surface area contributed by atoms with Gasteiger partial charge in [0, 0.05) is 12.6 Å². The van der Waals surface area contributed by atoms with Gasteiger partial charge in [-0.2, -0.15) is 0 Å². The van der Waals surface area contributed by atoms with Gasteiger partial charge in [-0.3, -0.25) is 4.79 Å². The largest absolute Gasteiger partial charge is 0.334 e. The number of nitrogens with zero attached hydrogens (tertiary/aromatic N) is 1. The second kappa shape index (κ2) is 7.29.